The van der Waals surface area contributed by atoms with E-state index in [0.29, 0.717) is 6.54 Å². The molecule has 5 nitrogen and oxygen atoms in total. The summed E-state index contributed by atoms with van der Waals surface area (Å²) in [6.45, 7) is 2.53. The van der Waals surface area contributed by atoms with Crippen LogP contribution in [0.5, 0.6) is 0 Å². The van der Waals surface area contributed by atoms with Crippen LogP contribution in [-0.4, -0.2) is 56.0 Å². The highest BCUT2D eigenvalue weighted by molar-refractivity contribution is 5.83. The first-order valence-corrected chi connectivity index (χ1v) is 4.18. The Morgan fingerprint density at radius 1 is 1.23 bits per heavy atom. The summed E-state index contributed by atoms with van der Waals surface area (Å²) in [5, 5.41) is 2.62. The second kappa shape index (κ2) is 5.40. The fraction of sp³-hybridized carbons (Fsp3) is 0.750. The van der Waals surface area contributed by atoms with E-state index in [0.717, 1.165) is 0 Å². The third kappa shape index (κ3) is 4.35. The molecule has 1 N–H and O–H groups in total. The summed E-state index contributed by atoms with van der Waals surface area (Å²) in [7, 11) is 4.89. The highest BCUT2D eigenvalue weighted by Gasteiger charge is 2.13. The molecule has 0 atom stereocenters. The van der Waals surface area contributed by atoms with Crippen molar-refractivity contribution in [3.8, 4) is 0 Å². The summed E-state index contributed by atoms with van der Waals surface area (Å²) < 4.78 is 0. The van der Waals surface area contributed by atoms with Crippen molar-refractivity contribution < 1.29 is 9.59 Å². The largest absolute Gasteiger partial charge is 0.355 e. The standard InChI is InChI=1S/C8H17N3O2/c1-5-9-7(12)6-11(4)8(13)10(2)3/h5-6H2,1-4H3,(H,9,12). The van der Waals surface area contributed by atoms with Gasteiger partial charge in [-0.3, -0.25) is 4.79 Å². The molecule has 3 amide bonds. The van der Waals surface area contributed by atoms with Gasteiger partial charge in [-0.25, -0.2) is 4.79 Å². The van der Waals surface area contributed by atoms with Crippen molar-refractivity contribution in [1.82, 2.24) is 15.1 Å². The predicted octanol–water partition coefficient (Wildman–Crippen LogP) is -0.264. The first kappa shape index (κ1) is 11.7. The summed E-state index contributed by atoms with van der Waals surface area (Å²) in [4.78, 5) is 25.1. The molecule has 0 aromatic rings. The van der Waals surface area contributed by atoms with E-state index in [1.165, 1.54) is 9.80 Å². The summed E-state index contributed by atoms with van der Waals surface area (Å²) in [6.07, 6.45) is 0. The molecule has 0 fully saturated rings. The first-order valence-electron chi connectivity index (χ1n) is 4.18. The van der Waals surface area contributed by atoms with Gasteiger partial charge in [0, 0.05) is 27.7 Å². The minimum absolute atomic E-state index is 0.102. The Morgan fingerprint density at radius 2 is 1.77 bits per heavy atom. The Morgan fingerprint density at radius 3 is 2.15 bits per heavy atom. The lowest BCUT2D eigenvalue weighted by Gasteiger charge is -2.20. The molecule has 0 aromatic heterocycles. The van der Waals surface area contributed by atoms with E-state index in [4.69, 9.17) is 0 Å². The second-order valence-electron chi connectivity index (χ2n) is 2.99. The van der Waals surface area contributed by atoms with Crippen LogP contribution >= 0.6 is 0 Å². The molecule has 0 aliphatic carbocycles. The number of carbonyl (C=O) groups is 2. The zero-order chi connectivity index (χ0) is 10.4. The number of nitrogens with one attached hydrogen (secondary N) is 1. The summed E-state index contributed by atoms with van der Waals surface area (Å²) in [5.74, 6) is -0.139. The highest BCUT2D eigenvalue weighted by atomic mass is 16.2. The Hall–Kier alpha value is -1.26. The molecule has 0 aromatic carbocycles. The van der Waals surface area contributed by atoms with Crippen molar-refractivity contribution in [3.63, 3.8) is 0 Å². The van der Waals surface area contributed by atoms with Crippen LogP contribution in [0.3, 0.4) is 0 Å². The molecule has 0 radical (unpaired) electrons. The summed E-state index contributed by atoms with van der Waals surface area (Å²) in [5.41, 5.74) is 0. The van der Waals surface area contributed by atoms with Crippen LogP contribution in [0.1, 0.15) is 6.92 Å². The van der Waals surface area contributed by atoms with Gasteiger partial charge >= 0.3 is 6.03 Å². The summed E-state index contributed by atoms with van der Waals surface area (Å²) >= 11 is 0. The predicted molar refractivity (Wildman–Crippen MR) is 50.4 cm³/mol. The molecule has 0 unspecified atom stereocenters. The second-order valence-corrected chi connectivity index (χ2v) is 2.99. The monoisotopic (exact) mass is 187 g/mol. The summed E-state index contributed by atoms with van der Waals surface area (Å²) in [6, 6.07) is -0.175. The fourth-order valence-corrected chi connectivity index (χ4v) is 0.878. The zero-order valence-electron chi connectivity index (χ0n) is 8.63. The topological polar surface area (TPSA) is 52.7 Å². The maximum atomic E-state index is 11.3. The molecule has 0 aliphatic rings. The third-order valence-electron chi connectivity index (χ3n) is 1.46. The van der Waals surface area contributed by atoms with Gasteiger partial charge in [0.15, 0.2) is 0 Å². The van der Waals surface area contributed by atoms with Crippen molar-refractivity contribution >= 4 is 11.9 Å². The molecule has 5 heteroatoms. The maximum absolute atomic E-state index is 11.3. The highest BCUT2D eigenvalue weighted by Crippen LogP contribution is 1.89. The third-order valence-corrected chi connectivity index (χ3v) is 1.46. The SMILES string of the molecule is CCNC(=O)CN(C)C(=O)N(C)C. The van der Waals surface area contributed by atoms with E-state index in [1.54, 1.807) is 21.1 Å². The number of rotatable bonds is 3. The first-order chi connectivity index (χ1) is 5.99. The Bertz CT molecular complexity index is 192. The van der Waals surface area contributed by atoms with Crippen molar-refractivity contribution in [3.05, 3.63) is 0 Å². The number of nitrogens with zero attached hydrogens (tertiary/aromatic N) is 2. The van der Waals surface area contributed by atoms with Gasteiger partial charge in [-0.15, -0.1) is 0 Å². The van der Waals surface area contributed by atoms with Crippen LogP contribution in [0, 0.1) is 0 Å². The van der Waals surface area contributed by atoms with Crippen LogP contribution in [0.15, 0.2) is 0 Å². The van der Waals surface area contributed by atoms with Crippen LogP contribution < -0.4 is 5.32 Å². The van der Waals surface area contributed by atoms with Crippen LogP contribution in [0.2, 0.25) is 0 Å². The maximum Gasteiger partial charge on any atom is 0.319 e. The number of hydrogen-bond donors (Lipinski definition) is 1. The van der Waals surface area contributed by atoms with Gasteiger partial charge in [0.2, 0.25) is 5.91 Å². The molecule has 0 spiro atoms. The molecule has 0 bridgehead atoms. The lowest BCUT2D eigenvalue weighted by molar-refractivity contribution is -0.121. The number of amides is 3. The average molecular weight is 187 g/mol. The minimum atomic E-state index is -0.175. The molecule has 76 valence electrons. The zero-order valence-corrected chi connectivity index (χ0v) is 8.63. The molecule has 0 rings (SSSR count). The van der Waals surface area contributed by atoms with Crippen LogP contribution in [0.25, 0.3) is 0 Å². The van der Waals surface area contributed by atoms with Gasteiger partial charge in [-0.2, -0.15) is 0 Å². The van der Waals surface area contributed by atoms with E-state index in [9.17, 15) is 9.59 Å². The van der Waals surface area contributed by atoms with Crippen molar-refractivity contribution in [2.75, 3.05) is 34.2 Å². The minimum Gasteiger partial charge on any atom is -0.355 e. The number of likely N-dealkylation sites (N-methyl/N-ethyl adjacent to an activating group) is 2. The molecule has 0 heterocycles. The Balaban J connectivity index is 3.92. The van der Waals surface area contributed by atoms with Crippen molar-refractivity contribution in [2.45, 2.75) is 6.92 Å². The molecular formula is C8H17N3O2. The van der Waals surface area contributed by atoms with E-state index in [1.807, 2.05) is 6.92 Å². The Labute approximate surface area is 78.7 Å². The normalized spacial score (nSPS) is 9.23. The number of carbonyl (C=O) groups excluding carboxylic acids is 2. The quantitative estimate of drug-likeness (QED) is 0.661. The Kier molecular flexibility index (Phi) is 4.87. The van der Waals surface area contributed by atoms with E-state index >= 15 is 0 Å². The number of hydrogen-bond acceptors (Lipinski definition) is 2. The smallest absolute Gasteiger partial charge is 0.319 e. The average Bonchev–Trinajstić information content (AvgIpc) is 2.03. The van der Waals surface area contributed by atoms with Crippen LogP contribution in [-0.2, 0) is 4.79 Å². The fourth-order valence-electron chi connectivity index (χ4n) is 0.878. The number of urea groups is 1. The molecule has 0 saturated carbocycles. The van der Waals surface area contributed by atoms with Gasteiger partial charge in [-0.05, 0) is 6.92 Å². The van der Waals surface area contributed by atoms with Crippen molar-refractivity contribution in [2.24, 2.45) is 0 Å². The molecule has 0 aliphatic heterocycles. The lowest BCUT2D eigenvalue weighted by Crippen LogP contribution is -2.42. The van der Waals surface area contributed by atoms with Gasteiger partial charge in [0.1, 0.15) is 6.54 Å². The van der Waals surface area contributed by atoms with E-state index in [2.05, 4.69) is 5.32 Å². The van der Waals surface area contributed by atoms with Crippen molar-refractivity contribution in [1.29, 1.82) is 0 Å². The molecule has 0 saturated heterocycles. The van der Waals surface area contributed by atoms with Gasteiger partial charge < -0.3 is 15.1 Å². The van der Waals surface area contributed by atoms with E-state index < -0.39 is 0 Å². The van der Waals surface area contributed by atoms with Crippen LogP contribution in [0.4, 0.5) is 4.79 Å². The van der Waals surface area contributed by atoms with Gasteiger partial charge in [0.05, 0.1) is 0 Å². The molecule has 13 heavy (non-hydrogen) atoms. The van der Waals surface area contributed by atoms with Gasteiger partial charge in [0.25, 0.3) is 0 Å². The molecular weight excluding hydrogens is 170 g/mol. The van der Waals surface area contributed by atoms with Gasteiger partial charge in [-0.1, -0.05) is 0 Å². The lowest BCUT2D eigenvalue weighted by atomic mass is 10.5. The van der Waals surface area contributed by atoms with E-state index in [-0.39, 0.29) is 18.5 Å².